The third-order valence-electron chi connectivity index (χ3n) is 11.8. The van der Waals surface area contributed by atoms with E-state index in [1.807, 2.05) is 57.1 Å². The van der Waals surface area contributed by atoms with E-state index in [0.717, 1.165) is 41.5 Å². The maximum Gasteiger partial charge on any atom is 0.128 e. The number of rotatable bonds is 8. The summed E-state index contributed by atoms with van der Waals surface area (Å²) in [5, 5.41) is 0. The minimum Gasteiger partial charge on any atom is -0.325 e. The van der Waals surface area contributed by atoms with E-state index in [-0.39, 0.29) is 28.2 Å². The Morgan fingerprint density at radius 1 is 1.04 bits per heavy atom. The highest BCUT2D eigenvalue weighted by atomic mass is 19.1. The molecule has 3 aliphatic rings. The van der Waals surface area contributed by atoms with Crippen molar-refractivity contribution in [1.82, 2.24) is 0 Å². The molecule has 0 aliphatic heterocycles. The lowest BCUT2D eigenvalue weighted by Gasteiger charge is -2.62. The highest BCUT2D eigenvalue weighted by molar-refractivity contribution is 5.61. The Morgan fingerprint density at radius 2 is 1.69 bits per heavy atom. The molecule has 3 nitrogen and oxygen atoms in total. The summed E-state index contributed by atoms with van der Waals surface area (Å²) < 4.78 is 13.9. The number of carbonyl (C=O) groups excluding carboxylic acids is 1. The normalized spacial score (nSPS) is 30.0. The van der Waals surface area contributed by atoms with Crippen molar-refractivity contribution in [3.8, 4) is 0 Å². The average molecular weight is 665 g/mol. The van der Waals surface area contributed by atoms with E-state index >= 15 is 0 Å². The minimum atomic E-state index is -0.279. The molecule has 0 aromatic heterocycles. The maximum absolute atomic E-state index is 13.9. The van der Waals surface area contributed by atoms with Gasteiger partial charge in [0.15, 0.2) is 0 Å². The first-order valence-electron chi connectivity index (χ1n) is 18.2. The molecule has 0 radical (unpaired) electrons. The van der Waals surface area contributed by atoms with Crippen molar-refractivity contribution in [2.45, 2.75) is 105 Å². The van der Waals surface area contributed by atoms with Gasteiger partial charge in [-0.1, -0.05) is 125 Å². The first kappa shape index (κ1) is 39.9. The molecule has 6 unspecified atom stereocenters. The van der Waals surface area contributed by atoms with Crippen LogP contribution in [0.5, 0.6) is 0 Å². The predicted molar refractivity (Wildman–Crippen MR) is 208 cm³/mol. The van der Waals surface area contributed by atoms with Crippen LogP contribution in [0.3, 0.4) is 0 Å². The van der Waals surface area contributed by atoms with Crippen LogP contribution in [0, 0.1) is 34.4 Å². The molecule has 4 heteroatoms. The molecule has 2 aromatic carbocycles. The van der Waals surface area contributed by atoms with Gasteiger partial charge in [0.05, 0.1) is 0 Å². The molecule has 3 saturated carbocycles. The lowest BCUT2D eigenvalue weighted by atomic mass is 9.45. The van der Waals surface area contributed by atoms with Gasteiger partial charge in [0.2, 0.25) is 0 Å². The summed E-state index contributed by atoms with van der Waals surface area (Å²) in [5.74, 6) is 3.11. The van der Waals surface area contributed by atoms with Gasteiger partial charge in [-0.25, -0.2) is 9.18 Å². The highest BCUT2D eigenvalue weighted by Gasteiger charge is 2.63. The van der Waals surface area contributed by atoms with Crippen LogP contribution in [-0.2, 0) is 11.2 Å². The van der Waals surface area contributed by atoms with Crippen molar-refractivity contribution in [2.75, 3.05) is 0 Å². The molecule has 0 spiro atoms. The van der Waals surface area contributed by atoms with Gasteiger partial charge in [0.25, 0.3) is 0 Å². The van der Waals surface area contributed by atoms with Crippen LogP contribution in [0.25, 0.3) is 5.57 Å². The Labute approximate surface area is 296 Å². The van der Waals surface area contributed by atoms with Crippen molar-refractivity contribution in [1.29, 1.82) is 0 Å². The van der Waals surface area contributed by atoms with Crippen molar-refractivity contribution >= 4 is 11.5 Å². The third kappa shape index (κ3) is 8.26. The molecule has 0 bridgehead atoms. The van der Waals surface area contributed by atoms with Crippen LogP contribution in [0.1, 0.15) is 115 Å². The third-order valence-corrected chi connectivity index (χ3v) is 11.8. The summed E-state index contributed by atoms with van der Waals surface area (Å²) in [6.07, 6.45) is 17.2. The second-order valence-electron chi connectivity index (χ2n) is 14.7. The topological polar surface area (TPSA) is 69.1 Å². The number of hydrogen-bond donors (Lipinski definition) is 2. The minimum absolute atomic E-state index is 0.0933. The molecule has 0 heterocycles. The summed E-state index contributed by atoms with van der Waals surface area (Å²) >= 11 is 0. The Balaban J connectivity index is 0.000000263. The maximum atomic E-state index is 13.9. The van der Waals surface area contributed by atoms with Crippen molar-refractivity contribution in [3.05, 3.63) is 132 Å². The molecular formula is C45H61FN2O. The summed E-state index contributed by atoms with van der Waals surface area (Å²) in [7, 11) is 0. The SMILES string of the molecule is C=C(C)c1ccc(Cc2ccc([C@@H](C)N)c(F)c2)cc1.C=CC(=C)C1CCC2C1(C)CCC1C(C)(/C=C\C)/C(=C\C=C=O)CCC12N.CC. The van der Waals surface area contributed by atoms with Crippen LogP contribution >= 0.6 is 0 Å². The average Bonchev–Trinajstić information content (AvgIpc) is 3.44. The van der Waals surface area contributed by atoms with Crippen molar-refractivity contribution in [2.24, 2.45) is 40.1 Å². The lowest BCUT2D eigenvalue weighted by molar-refractivity contribution is -0.0486. The van der Waals surface area contributed by atoms with Crippen LogP contribution < -0.4 is 11.5 Å². The van der Waals surface area contributed by atoms with Gasteiger partial charge in [-0.2, -0.15) is 0 Å². The zero-order valence-corrected chi connectivity index (χ0v) is 31.2. The van der Waals surface area contributed by atoms with E-state index in [1.165, 1.54) is 36.5 Å². The van der Waals surface area contributed by atoms with Gasteiger partial charge in [-0.15, -0.1) is 0 Å². The summed E-state index contributed by atoms with van der Waals surface area (Å²) in [6, 6.07) is 13.2. The fourth-order valence-electron chi connectivity index (χ4n) is 9.40. The predicted octanol–water partition coefficient (Wildman–Crippen LogP) is 11.1. The molecule has 0 saturated heterocycles. The Hall–Kier alpha value is -3.56. The monoisotopic (exact) mass is 664 g/mol. The van der Waals surface area contributed by atoms with E-state index in [0.29, 0.717) is 29.7 Å². The number of halogens is 1. The Bertz CT molecular complexity index is 1590. The molecule has 3 fully saturated rings. The first-order valence-corrected chi connectivity index (χ1v) is 18.2. The van der Waals surface area contributed by atoms with E-state index in [2.05, 4.69) is 64.8 Å². The van der Waals surface area contributed by atoms with Crippen molar-refractivity contribution < 1.29 is 9.18 Å². The van der Waals surface area contributed by atoms with Crippen LogP contribution in [-0.4, -0.2) is 11.5 Å². The van der Waals surface area contributed by atoms with Crippen LogP contribution in [0.2, 0.25) is 0 Å². The number of benzene rings is 2. The smallest absolute Gasteiger partial charge is 0.128 e. The Kier molecular flexibility index (Phi) is 13.8. The molecule has 2 aromatic rings. The second kappa shape index (κ2) is 16.9. The first-order chi connectivity index (χ1) is 23.2. The zero-order valence-electron chi connectivity index (χ0n) is 31.2. The molecule has 7 atom stereocenters. The van der Waals surface area contributed by atoms with Crippen LogP contribution in [0.15, 0.2) is 104 Å². The van der Waals surface area contributed by atoms with E-state index in [4.69, 9.17) is 11.5 Å². The molecular weight excluding hydrogens is 604 g/mol. The van der Waals surface area contributed by atoms with Crippen LogP contribution in [0.4, 0.5) is 4.39 Å². The summed E-state index contributed by atoms with van der Waals surface area (Å²) in [5.41, 5.74) is 20.4. The van der Waals surface area contributed by atoms with Gasteiger partial charge < -0.3 is 11.5 Å². The highest BCUT2D eigenvalue weighted by Crippen LogP contribution is 2.67. The second-order valence-corrected chi connectivity index (χ2v) is 14.7. The fraction of sp³-hybridized carbons (Fsp3) is 0.467. The number of allylic oxidation sites excluding steroid dienone is 8. The standard InChI is InChI=1S/C25H35NO.C18H20FN.C2H6/c1-6-14-23(4)19(9-8-17-27)12-16-25(26)21-11-10-20(18(3)7-2)24(21,5)15-13-22(23)25;1-12(2)16-7-4-14(5-8-16)10-15-6-9-17(13(3)20)18(19)11-15;1-2/h6-9,14,20-22H,2-3,10-13,15-16,26H2,1,4-5H3;4-9,11,13H,1,10,20H2,2-3H3;1-2H3/b14-6-,19-9-;;/t;13-;/m.1./s1. The molecule has 4 N–H and O–H groups in total. The Morgan fingerprint density at radius 3 is 2.24 bits per heavy atom. The van der Waals surface area contributed by atoms with Gasteiger partial charge >= 0.3 is 0 Å². The van der Waals surface area contributed by atoms with E-state index in [9.17, 15) is 9.18 Å². The largest absolute Gasteiger partial charge is 0.325 e. The van der Waals surface area contributed by atoms with Gasteiger partial charge in [-0.3, -0.25) is 0 Å². The summed E-state index contributed by atoms with van der Waals surface area (Å²) in [4.78, 5) is 10.8. The number of nitrogens with two attached hydrogens (primary N) is 2. The number of hydrogen-bond acceptors (Lipinski definition) is 3. The summed E-state index contributed by atoms with van der Waals surface area (Å²) in [6.45, 7) is 26.8. The molecule has 5 rings (SSSR count). The van der Waals surface area contributed by atoms with Gasteiger partial charge in [0.1, 0.15) is 11.8 Å². The molecule has 264 valence electrons. The van der Waals surface area contributed by atoms with Gasteiger partial charge in [-0.05, 0) is 112 Å². The van der Waals surface area contributed by atoms with Crippen molar-refractivity contribution in [3.63, 3.8) is 0 Å². The molecule has 3 aliphatic carbocycles. The fourth-order valence-corrected chi connectivity index (χ4v) is 9.40. The van der Waals surface area contributed by atoms with E-state index < -0.39 is 0 Å². The quantitative estimate of drug-likeness (QED) is 0.168. The lowest BCUT2D eigenvalue weighted by Crippen LogP contribution is -2.66. The van der Waals surface area contributed by atoms with Gasteiger partial charge in [0, 0.05) is 28.6 Å². The zero-order chi connectivity index (χ0) is 36.6. The van der Waals surface area contributed by atoms with E-state index in [1.54, 1.807) is 19.1 Å². The molecule has 0 amide bonds. The number of fused-ring (bicyclic) bond motifs is 3. The molecule has 49 heavy (non-hydrogen) atoms.